The molecule has 0 aliphatic heterocycles. The number of carbonyl (C=O) groups is 1. The third-order valence-electron chi connectivity index (χ3n) is 2.55. The Morgan fingerprint density at radius 1 is 1.39 bits per heavy atom. The largest absolute Gasteiger partial charge is 0.477 e. The first-order valence-corrected chi connectivity index (χ1v) is 5.24. The lowest BCUT2D eigenvalue weighted by molar-refractivity contribution is 0.0692. The van der Waals surface area contributed by atoms with Crippen molar-refractivity contribution in [3.05, 3.63) is 29.8 Å². The Morgan fingerprint density at radius 2 is 2.22 bits per heavy atom. The molecule has 3 aromatic heterocycles. The van der Waals surface area contributed by atoms with Crippen LogP contribution in [0.4, 0.5) is 0 Å². The molecule has 3 heterocycles. The molecule has 0 saturated heterocycles. The lowest BCUT2D eigenvalue weighted by Crippen LogP contribution is -1.99. The van der Waals surface area contributed by atoms with Crippen molar-refractivity contribution < 1.29 is 9.90 Å². The number of fused-ring (bicyclic) bond motifs is 1. The first-order chi connectivity index (χ1) is 8.65. The van der Waals surface area contributed by atoms with Gasteiger partial charge in [0, 0.05) is 6.20 Å². The molecule has 0 atom stereocenters. The topological polar surface area (TPSA) is 108 Å². The Labute approximate surface area is 101 Å². The van der Waals surface area contributed by atoms with Crippen LogP contribution in [0.25, 0.3) is 22.7 Å². The van der Waals surface area contributed by atoms with E-state index in [1.54, 1.807) is 6.20 Å². The Kier molecular flexibility index (Phi) is 2.12. The molecule has 0 aliphatic carbocycles. The van der Waals surface area contributed by atoms with Crippen LogP contribution in [0.2, 0.25) is 0 Å². The molecule has 3 aromatic rings. The fraction of sp³-hybridized carbons (Fsp3) is 0.0909. The average Bonchev–Trinajstić information content (AvgIpc) is 2.93. The number of nitrogens with one attached hydrogen (secondary N) is 2. The minimum Gasteiger partial charge on any atom is -0.477 e. The van der Waals surface area contributed by atoms with E-state index in [-0.39, 0.29) is 11.4 Å². The molecule has 7 nitrogen and oxygen atoms in total. The zero-order valence-corrected chi connectivity index (χ0v) is 9.43. The SMILES string of the molecule is Cc1cnc2nc(-c3nc[nH]c3C(=O)O)[nH]c2c1. The summed E-state index contributed by atoms with van der Waals surface area (Å²) < 4.78 is 0. The van der Waals surface area contributed by atoms with Crippen LogP contribution in [-0.4, -0.2) is 36.0 Å². The lowest BCUT2D eigenvalue weighted by Gasteiger charge is -1.92. The number of aromatic nitrogens is 5. The van der Waals surface area contributed by atoms with E-state index in [0.717, 1.165) is 11.1 Å². The maximum atomic E-state index is 11.0. The second-order valence-corrected chi connectivity index (χ2v) is 3.90. The van der Waals surface area contributed by atoms with Crippen molar-refractivity contribution in [2.75, 3.05) is 0 Å². The highest BCUT2D eigenvalue weighted by Crippen LogP contribution is 2.20. The summed E-state index contributed by atoms with van der Waals surface area (Å²) in [5, 5.41) is 9.01. The first-order valence-electron chi connectivity index (χ1n) is 5.24. The van der Waals surface area contributed by atoms with E-state index in [1.165, 1.54) is 6.33 Å². The van der Waals surface area contributed by atoms with Gasteiger partial charge in [-0.25, -0.2) is 19.7 Å². The molecule has 0 amide bonds. The van der Waals surface area contributed by atoms with Gasteiger partial charge in [0.25, 0.3) is 0 Å². The Hall–Kier alpha value is -2.70. The van der Waals surface area contributed by atoms with Crippen LogP contribution in [0.1, 0.15) is 16.1 Å². The van der Waals surface area contributed by atoms with Crippen molar-refractivity contribution >= 4 is 17.1 Å². The number of imidazole rings is 2. The number of rotatable bonds is 2. The number of aromatic carboxylic acids is 1. The van der Waals surface area contributed by atoms with Gasteiger partial charge in [-0.1, -0.05) is 0 Å². The molecule has 3 rings (SSSR count). The quantitative estimate of drug-likeness (QED) is 0.629. The molecule has 3 N–H and O–H groups in total. The summed E-state index contributed by atoms with van der Waals surface area (Å²) in [6.45, 7) is 1.92. The normalized spacial score (nSPS) is 10.9. The minimum atomic E-state index is -1.08. The van der Waals surface area contributed by atoms with Crippen molar-refractivity contribution in [2.45, 2.75) is 6.92 Å². The molecule has 0 fully saturated rings. The van der Waals surface area contributed by atoms with Crippen LogP contribution in [0.15, 0.2) is 18.6 Å². The lowest BCUT2D eigenvalue weighted by atomic mass is 10.3. The van der Waals surface area contributed by atoms with Crippen LogP contribution in [-0.2, 0) is 0 Å². The molecular formula is C11H9N5O2. The third-order valence-corrected chi connectivity index (χ3v) is 2.55. The van der Waals surface area contributed by atoms with Crippen molar-refractivity contribution in [1.29, 1.82) is 0 Å². The van der Waals surface area contributed by atoms with Crippen molar-refractivity contribution in [3.8, 4) is 11.5 Å². The maximum absolute atomic E-state index is 11.0. The molecule has 0 unspecified atom stereocenters. The number of carboxylic acid groups (broad SMARTS) is 1. The zero-order chi connectivity index (χ0) is 12.7. The molecule has 0 aliphatic rings. The van der Waals surface area contributed by atoms with Gasteiger partial charge >= 0.3 is 5.97 Å². The van der Waals surface area contributed by atoms with Gasteiger partial charge in [-0.2, -0.15) is 0 Å². The molecule has 0 radical (unpaired) electrons. The standard InChI is InChI=1S/C11H9N5O2/c1-5-2-6-9(12-3-5)16-10(15-6)7-8(11(17)18)14-4-13-7/h2-4H,1H3,(H,13,14)(H,17,18)(H,12,15,16). The molecule has 0 bridgehead atoms. The second kappa shape index (κ2) is 3.66. The van der Waals surface area contributed by atoms with Gasteiger partial charge in [0.05, 0.1) is 11.8 Å². The Bertz CT molecular complexity index is 743. The maximum Gasteiger partial charge on any atom is 0.354 e. The fourth-order valence-electron chi connectivity index (χ4n) is 1.75. The number of nitrogens with zero attached hydrogens (tertiary/aromatic N) is 3. The number of aryl methyl sites for hydroxylation is 1. The summed E-state index contributed by atoms with van der Waals surface area (Å²) in [6, 6.07) is 1.89. The number of hydrogen-bond donors (Lipinski definition) is 3. The smallest absolute Gasteiger partial charge is 0.354 e. The van der Waals surface area contributed by atoms with Crippen LogP contribution in [0.3, 0.4) is 0 Å². The highest BCUT2D eigenvalue weighted by molar-refractivity contribution is 5.92. The third kappa shape index (κ3) is 1.53. The summed E-state index contributed by atoms with van der Waals surface area (Å²) in [7, 11) is 0. The van der Waals surface area contributed by atoms with E-state index < -0.39 is 5.97 Å². The van der Waals surface area contributed by atoms with Gasteiger partial charge in [0.2, 0.25) is 0 Å². The van der Waals surface area contributed by atoms with Crippen molar-refractivity contribution in [3.63, 3.8) is 0 Å². The number of pyridine rings is 1. The predicted molar refractivity (Wildman–Crippen MR) is 63.2 cm³/mol. The summed E-state index contributed by atoms with van der Waals surface area (Å²) in [5.74, 6) is -0.686. The van der Waals surface area contributed by atoms with E-state index in [1.807, 2.05) is 13.0 Å². The number of carboxylic acids is 1. The fourth-order valence-corrected chi connectivity index (χ4v) is 1.75. The number of H-pyrrole nitrogens is 2. The van der Waals surface area contributed by atoms with Gasteiger partial charge in [0.1, 0.15) is 5.69 Å². The van der Waals surface area contributed by atoms with Crippen molar-refractivity contribution in [1.82, 2.24) is 24.9 Å². The number of hydrogen-bond acceptors (Lipinski definition) is 4. The van der Waals surface area contributed by atoms with Crippen molar-refractivity contribution in [2.24, 2.45) is 0 Å². The summed E-state index contributed by atoms with van der Waals surface area (Å²) in [4.78, 5) is 28.9. The molecule has 0 spiro atoms. The highest BCUT2D eigenvalue weighted by atomic mass is 16.4. The molecular weight excluding hydrogens is 234 g/mol. The second-order valence-electron chi connectivity index (χ2n) is 3.90. The van der Waals surface area contributed by atoms with Gasteiger partial charge in [-0.05, 0) is 18.6 Å². The van der Waals surface area contributed by atoms with Crippen LogP contribution in [0, 0.1) is 6.92 Å². The first kappa shape index (κ1) is 10.5. The van der Waals surface area contributed by atoms with Crippen LogP contribution < -0.4 is 0 Å². The Balaban J connectivity index is 2.19. The highest BCUT2D eigenvalue weighted by Gasteiger charge is 2.17. The summed E-state index contributed by atoms with van der Waals surface area (Å²) in [5.41, 5.74) is 2.57. The zero-order valence-electron chi connectivity index (χ0n) is 9.43. The van der Waals surface area contributed by atoms with Gasteiger partial charge < -0.3 is 15.1 Å². The monoisotopic (exact) mass is 243 g/mol. The molecule has 0 saturated carbocycles. The summed E-state index contributed by atoms with van der Waals surface area (Å²) in [6.07, 6.45) is 3.03. The van der Waals surface area contributed by atoms with Crippen LogP contribution in [0.5, 0.6) is 0 Å². The van der Waals surface area contributed by atoms with E-state index in [0.29, 0.717) is 11.5 Å². The van der Waals surface area contributed by atoms with E-state index in [9.17, 15) is 4.79 Å². The molecule has 0 aromatic carbocycles. The van der Waals surface area contributed by atoms with Gasteiger partial charge in [-0.3, -0.25) is 0 Å². The predicted octanol–water partition coefficient (Wildman–Crippen LogP) is 1.35. The number of aromatic amines is 2. The Morgan fingerprint density at radius 3 is 3.00 bits per heavy atom. The molecule has 90 valence electrons. The van der Waals surface area contributed by atoms with E-state index >= 15 is 0 Å². The van der Waals surface area contributed by atoms with Gasteiger partial charge in [-0.15, -0.1) is 0 Å². The molecule has 18 heavy (non-hydrogen) atoms. The van der Waals surface area contributed by atoms with Crippen LogP contribution >= 0.6 is 0 Å². The van der Waals surface area contributed by atoms with E-state index in [2.05, 4.69) is 24.9 Å². The van der Waals surface area contributed by atoms with Gasteiger partial charge in [0.15, 0.2) is 17.2 Å². The molecule has 7 heteroatoms. The minimum absolute atomic E-state index is 0.00535. The average molecular weight is 243 g/mol. The summed E-state index contributed by atoms with van der Waals surface area (Å²) >= 11 is 0. The van der Waals surface area contributed by atoms with E-state index in [4.69, 9.17) is 5.11 Å².